The molecule has 0 saturated heterocycles. The van der Waals surface area contributed by atoms with Gasteiger partial charge in [-0.05, 0) is 31.6 Å². The lowest BCUT2D eigenvalue weighted by molar-refractivity contribution is 0.554. The zero-order valence-corrected chi connectivity index (χ0v) is 8.73. The molecule has 1 atom stereocenters. The Balaban J connectivity index is 1.75. The van der Waals surface area contributed by atoms with E-state index in [0.29, 0.717) is 0 Å². The fraction of sp³-hybridized carbons (Fsp3) is 0.846. The second kappa shape index (κ2) is 4.83. The second-order valence-corrected chi connectivity index (χ2v) is 4.73. The maximum Gasteiger partial charge on any atom is -0.0166 e. The molecule has 0 radical (unpaired) electrons. The van der Waals surface area contributed by atoms with Crippen LogP contribution in [0.1, 0.15) is 64.2 Å². The Morgan fingerprint density at radius 2 is 1.54 bits per heavy atom. The van der Waals surface area contributed by atoms with Crippen LogP contribution < -0.4 is 0 Å². The highest BCUT2D eigenvalue weighted by Gasteiger charge is 2.27. The van der Waals surface area contributed by atoms with Crippen LogP contribution in [0.25, 0.3) is 0 Å². The maximum atomic E-state index is 2.53. The van der Waals surface area contributed by atoms with E-state index in [2.05, 4.69) is 6.08 Å². The Morgan fingerprint density at radius 1 is 0.846 bits per heavy atom. The quantitative estimate of drug-likeness (QED) is 0.480. The van der Waals surface area contributed by atoms with E-state index in [1.54, 1.807) is 5.57 Å². The summed E-state index contributed by atoms with van der Waals surface area (Å²) in [6, 6.07) is 0. The summed E-state index contributed by atoms with van der Waals surface area (Å²) < 4.78 is 0. The predicted molar refractivity (Wildman–Crippen MR) is 57.7 cm³/mol. The van der Waals surface area contributed by atoms with E-state index in [4.69, 9.17) is 0 Å². The van der Waals surface area contributed by atoms with Gasteiger partial charge < -0.3 is 0 Å². The van der Waals surface area contributed by atoms with Crippen molar-refractivity contribution in [2.45, 2.75) is 64.2 Å². The molecule has 13 heavy (non-hydrogen) atoms. The third-order valence-electron chi connectivity index (χ3n) is 3.51. The summed E-state index contributed by atoms with van der Waals surface area (Å²) in [6.07, 6.45) is 17.2. The smallest absolute Gasteiger partial charge is 0.0166 e. The van der Waals surface area contributed by atoms with Crippen LogP contribution >= 0.6 is 0 Å². The van der Waals surface area contributed by atoms with E-state index in [1.165, 1.54) is 64.2 Å². The molecule has 0 bridgehead atoms. The molecular weight excluding hydrogens is 156 g/mol. The summed E-state index contributed by atoms with van der Waals surface area (Å²) in [4.78, 5) is 0. The molecule has 0 amide bonds. The molecule has 2 aliphatic rings. The fourth-order valence-corrected chi connectivity index (χ4v) is 2.47. The molecule has 0 heterocycles. The molecule has 0 spiro atoms. The van der Waals surface area contributed by atoms with Crippen molar-refractivity contribution < 1.29 is 0 Å². The largest absolute Gasteiger partial charge is 0.0850 e. The van der Waals surface area contributed by atoms with Crippen molar-refractivity contribution >= 4 is 0 Å². The molecular formula is C13H22. The van der Waals surface area contributed by atoms with E-state index in [0.717, 1.165) is 5.92 Å². The molecule has 0 aromatic rings. The minimum absolute atomic E-state index is 1.03. The van der Waals surface area contributed by atoms with Crippen molar-refractivity contribution in [1.29, 1.82) is 0 Å². The van der Waals surface area contributed by atoms with E-state index in [-0.39, 0.29) is 0 Å². The Bertz CT molecular complexity index is 178. The lowest BCUT2D eigenvalue weighted by Crippen LogP contribution is -1.84. The Morgan fingerprint density at radius 3 is 2.38 bits per heavy atom. The summed E-state index contributed by atoms with van der Waals surface area (Å²) in [5.74, 6) is 1.03. The molecule has 1 unspecified atom stereocenters. The second-order valence-electron chi connectivity index (χ2n) is 4.73. The maximum absolute atomic E-state index is 2.53. The molecule has 1 fully saturated rings. The Kier molecular flexibility index (Phi) is 3.46. The average molecular weight is 178 g/mol. The van der Waals surface area contributed by atoms with Gasteiger partial charge in [-0.2, -0.15) is 0 Å². The average Bonchev–Trinajstić information content (AvgIpc) is 2.83. The van der Waals surface area contributed by atoms with Gasteiger partial charge in [-0.3, -0.25) is 0 Å². The first-order valence-corrected chi connectivity index (χ1v) is 6.16. The lowest BCUT2D eigenvalue weighted by Gasteiger charge is -2.02. The van der Waals surface area contributed by atoms with Crippen LogP contribution in [0.5, 0.6) is 0 Å². The Hall–Kier alpha value is -0.260. The van der Waals surface area contributed by atoms with Crippen LogP contribution in [0.3, 0.4) is 0 Å². The third-order valence-corrected chi connectivity index (χ3v) is 3.51. The van der Waals surface area contributed by atoms with Gasteiger partial charge in [-0.25, -0.2) is 0 Å². The van der Waals surface area contributed by atoms with Crippen molar-refractivity contribution in [1.82, 2.24) is 0 Å². The molecule has 0 aromatic heterocycles. The first kappa shape index (κ1) is 9.30. The van der Waals surface area contributed by atoms with Crippen molar-refractivity contribution in [3.8, 4) is 0 Å². The molecule has 0 aromatic carbocycles. The predicted octanol–water partition coefficient (Wildman–Crippen LogP) is 4.46. The molecule has 0 N–H and O–H groups in total. The lowest BCUT2D eigenvalue weighted by atomic mass is 10.0. The van der Waals surface area contributed by atoms with Gasteiger partial charge in [0.25, 0.3) is 0 Å². The summed E-state index contributed by atoms with van der Waals surface area (Å²) in [7, 11) is 0. The number of hydrogen-bond donors (Lipinski definition) is 0. The molecule has 0 nitrogen and oxygen atoms in total. The highest BCUT2D eigenvalue weighted by atomic mass is 14.3. The van der Waals surface area contributed by atoms with Crippen LogP contribution in [0, 0.1) is 5.92 Å². The SMILES string of the molecule is C1=C2/CC2CCCCCCCCC/1. The summed E-state index contributed by atoms with van der Waals surface area (Å²) >= 11 is 0. The summed E-state index contributed by atoms with van der Waals surface area (Å²) in [5, 5.41) is 0. The molecule has 0 aliphatic heterocycles. The van der Waals surface area contributed by atoms with E-state index in [9.17, 15) is 0 Å². The van der Waals surface area contributed by atoms with E-state index < -0.39 is 0 Å². The number of rotatable bonds is 0. The van der Waals surface area contributed by atoms with Crippen LogP contribution in [0.4, 0.5) is 0 Å². The van der Waals surface area contributed by atoms with Gasteiger partial charge in [0.1, 0.15) is 0 Å². The summed E-state index contributed by atoms with van der Waals surface area (Å²) in [5.41, 5.74) is 1.79. The molecule has 0 heteroatoms. The topological polar surface area (TPSA) is 0 Å². The zero-order valence-electron chi connectivity index (χ0n) is 8.73. The van der Waals surface area contributed by atoms with Crippen molar-refractivity contribution in [3.05, 3.63) is 11.6 Å². The minimum Gasteiger partial charge on any atom is -0.0850 e. The monoisotopic (exact) mass is 178 g/mol. The van der Waals surface area contributed by atoms with Crippen LogP contribution in [0.2, 0.25) is 0 Å². The van der Waals surface area contributed by atoms with Gasteiger partial charge in [-0.15, -0.1) is 0 Å². The fourth-order valence-electron chi connectivity index (χ4n) is 2.47. The highest BCUT2D eigenvalue weighted by molar-refractivity contribution is 5.22. The van der Waals surface area contributed by atoms with Gasteiger partial charge in [0.15, 0.2) is 0 Å². The van der Waals surface area contributed by atoms with Gasteiger partial charge in [0, 0.05) is 0 Å². The zero-order chi connectivity index (χ0) is 8.93. The van der Waals surface area contributed by atoms with Gasteiger partial charge >= 0.3 is 0 Å². The number of hydrogen-bond acceptors (Lipinski definition) is 0. The van der Waals surface area contributed by atoms with Gasteiger partial charge in [0.2, 0.25) is 0 Å². The molecule has 74 valence electrons. The van der Waals surface area contributed by atoms with Crippen molar-refractivity contribution in [3.63, 3.8) is 0 Å². The number of fused-ring (bicyclic) bond motifs is 1. The van der Waals surface area contributed by atoms with Crippen molar-refractivity contribution in [2.24, 2.45) is 5.92 Å². The molecule has 2 aliphatic carbocycles. The van der Waals surface area contributed by atoms with E-state index >= 15 is 0 Å². The van der Waals surface area contributed by atoms with Crippen LogP contribution in [-0.2, 0) is 0 Å². The first-order valence-electron chi connectivity index (χ1n) is 6.16. The highest BCUT2D eigenvalue weighted by Crippen LogP contribution is 2.42. The minimum atomic E-state index is 1.03. The van der Waals surface area contributed by atoms with Crippen LogP contribution in [-0.4, -0.2) is 0 Å². The van der Waals surface area contributed by atoms with Crippen LogP contribution in [0.15, 0.2) is 11.6 Å². The number of allylic oxidation sites excluding steroid dienone is 2. The first-order chi connectivity index (χ1) is 6.47. The normalized spacial score (nSPS) is 34.8. The molecule has 2 rings (SSSR count). The van der Waals surface area contributed by atoms with Crippen molar-refractivity contribution in [2.75, 3.05) is 0 Å². The third kappa shape index (κ3) is 3.17. The van der Waals surface area contributed by atoms with E-state index in [1.807, 2.05) is 0 Å². The molecule has 1 saturated carbocycles. The Labute approximate surface area is 82.4 Å². The summed E-state index contributed by atoms with van der Waals surface area (Å²) in [6.45, 7) is 0. The van der Waals surface area contributed by atoms with Gasteiger partial charge in [-0.1, -0.05) is 50.2 Å². The van der Waals surface area contributed by atoms with Gasteiger partial charge in [0.05, 0.1) is 0 Å². The standard InChI is InChI=1S/C13H22/c1-2-4-6-8-10-13-11-12(13)9-7-5-3-1/h9,13H,1-8,10-11H2/b12-9-.